The first kappa shape index (κ1) is 12.5. The van der Waals surface area contributed by atoms with Crippen molar-refractivity contribution in [3.8, 4) is 5.75 Å². The van der Waals surface area contributed by atoms with Crippen LogP contribution in [-0.4, -0.2) is 16.2 Å². The molecule has 4 heteroatoms. The van der Waals surface area contributed by atoms with Crippen molar-refractivity contribution < 1.29 is 4.74 Å². The lowest BCUT2D eigenvalue weighted by atomic mass is 9.99. The topological polar surface area (TPSA) is 29.9 Å². The van der Waals surface area contributed by atoms with E-state index in [1.54, 1.807) is 0 Å². The van der Waals surface area contributed by atoms with Gasteiger partial charge in [-0.3, -0.25) is 0 Å². The molecule has 1 aliphatic rings. The zero-order valence-corrected chi connectivity index (χ0v) is 12.0. The predicted octanol–water partition coefficient (Wildman–Crippen LogP) is 4.04. The maximum atomic E-state index is 5.73. The third kappa shape index (κ3) is 2.10. The molecule has 0 amide bonds. The molecule has 0 bridgehead atoms. The van der Waals surface area contributed by atoms with Gasteiger partial charge in [0.05, 0.1) is 12.6 Å². The highest BCUT2D eigenvalue weighted by Gasteiger charge is 2.25. The summed E-state index contributed by atoms with van der Waals surface area (Å²) in [4.78, 5) is 3.18. The van der Waals surface area contributed by atoms with Crippen LogP contribution in [0.25, 0.3) is 0 Å². The minimum atomic E-state index is 0.279. The van der Waals surface area contributed by atoms with Gasteiger partial charge in [-0.05, 0) is 24.2 Å². The van der Waals surface area contributed by atoms with E-state index in [-0.39, 0.29) is 6.04 Å². The van der Waals surface area contributed by atoms with Gasteiger partial charge < -0.3 is 14.3 Å². The first-order valence-electron chi connectivity index (χ1n) is 6.70. The summed E-state index contributed by atoms with van der Waals surface area (Å²) < 4.78 is 8.78. The van der Waals surface area contributed by atoms with Crippen molar-refractivity contribution in [2.75, 3.05) is 6.61 Å². The van der Waals surface area contributed by atoms with E-state index in [2.05, 4.69) is 35.5 Å². The summed E-state index contributed by atoms with van der Waals surface area (Å²) in [5.74, 6) is 1.43. The lowest BCUT2D eigenvalue weighted by molar-refractivity contribution is 0.253. The molecule has 0 fully saturated rings. The Kier molecular flexibility index (Phi) is 3.19. The van der Waals surface area contributed by atoms with Crippen LogP contribution in [0.2, 0.25) is 0 Å². The Bertz CT molecular complexity index is 642. The molecule has 2 heterocycles. The van der Waals surface area contributed by atoms with Crippen molar-refractivity contribution in [1.82, 2.24) is 9.55 Å². The van der Waals surface area contributed by atoms with Crippen molar-refractivity contribution >= 4 is 12.2 Å². The van der Waals surface area contributed by atoms with Gasteiger partial charge in [-0.25, -0.2) is 0 Å². The number of hydrogen-bond acceptors (Lipinski definition) is 2. The van der Waals surface area contributed by atoms with E-state index in [0.29, 0.717) is 5.92 Å². The molecule has 1 aromatic carbocycles. The number of aromatic amines is 1. The largest absolute Gasteiger partial charge is 0.493 e. The van der Waals surface area contributed by atoms with Crippen molar-refractivity contribution in [2.24, 2.45) is 0 Å². The highest BCUT2D eigenvalue weighted by Crippen LogP contribution is 2.36. The van der Waals surface area contributed by atoms with Crippen LogP contribution in [0, 0.1) is 4.77 Å². The Morgan fingerprint density at radius 3 is 2.95 bits per heavy atom. The number of aromatic nitrogens is 2. The van der Waals surface area contributed by atoms with E-state index in [1.165, 1.54) is 11.3 Å². The summed E-state index contributed by atoms with van der Waals surface area (Å²) in [6.45, 7) is 5.13. The molecule has 1 atom stereocenters. The normalized spacial score (nSPS) is 18.2. The van der Waals surface area contributed by atoms with Crippen molar-refractivity contribution in [3.05, 3.63) is 46.5 Å². The zero-order valence-electron chi connectivity index (χ0n) is 11.2. The SMILES string of the molecule is CC(C)c1c[nH]c(=S)n1C1CCOc2ccccc21. The van der Waals surface area contributed by atoms with Gasteiger partial charge in [-0.2, -0.15) is 0 Å². The van der Waals surface area contributed by atoms with Crippen LogP contribution >= 0.6 is 12.2 Å². The zero-order chi connectivity index (χ0) is 13.4. The van der Waals surface area contributed by atoms with Crippen LogP contribution in [0.5, 0.6) is 5.75 Å². The van der Waals surface area contributed by atoms with E-state index < -0.39 is 0 Å². The van der Waals surface area contributed by atoms with E-state index in [1.807, 2.05) is 18.3 Å². The molecule has 0 saturated carbocycles. The summed E-state index contributed by atoms with van der Waals surface area (Å²) in [7, 11) is 0. The third-order valence-electron chi connectivity index (χ3n) is 3.67. The molecule has 1 aromatic heterocycles. The van der Waals surface area contributed by atoms with Gasteiger partial charge in [0.15, 0.2) is 4.77 Å². The monoisotopic (exact) mass is 274 g/mol. The Morgan fingerprint density at radius 1 is 1.37 bits per heavy atom. The average Bonchev–Trinajstić information content (AvgIpc) is 2.80. The quantitative estimate of drug-likeness (QED) is 0.838. The van der Waals surface area contributed by atoms with Gasteiger partial charge in [0.2, 0.25) is 0 Å². The van der Waals surface area contributed by atoms with Crippen LogP contribution in [-0.2, 0) is 0 Å². The van der Waals surface area contributed by atoms with Crippen LogP contribution in [0.4, 0.5) is 0 Å². The summed E-state index contributed by atoms with van der Waals surface area (Å²) in [5, 5.41) is 0. The highest BCUT2D eigenvalue weighted by molar-refractivity contribution is 7.71. The molecule has 1 N–H and O–H groups in total. The maximum Gasteiger partial charge on any atom is 0.177 e. The van der Waals surface area contributed by atoms with Crippen molar-refractivity contribution in [3.63, 3.8) is 0 Å². The molecule has 100 valence electrons. The minimum Gasteiger partial charge on any atom is -0.493 e. The Hall–Kier alpha value is -1.55. The molecule has 0 saturated heterocycles. The Morgan fingerprint density at radius 2 is 2.16 bits per heavy atom. The number of rotatable bonds is 2. The van der Waals surface area contributed by atoms with Crippen LogP contribution < -0.4 is 4.74 Å². The number of nitrogens with one attached hydrogen (secondary N) is 1. The van der Waals surface area contributed by atoms with Gasteiger partial charge >= 0.3 is 0 Å². The fourth-order valence-corrected chi connectivity index (χ4v) is 3.04. The molecular formula is C15H18N2OS. The molecule has 0 radical (unpaired) electrons. The predicted molar refractivity (Wildman–Crippen MR) is 78.4 cm³/mol. The smallest absolute Gasteiger partial charge is 0.177 e. The number of ether oxygens (including phenoxy) is 1. The van der Waals surface area contributed by atoms with E-state index in [4.69, 9.17) is 17.0 Å². The maximum absolute atomic E-state index is 5.73. The second-order valence-electron chi connectivity index (χ2n) is 5.23. The van der Waals surface area contributed by atoms with Crippen LogP contribution in [0.3, 0.4) is 0 Å². The average molecular weight is 274 g/mol. The third-order valence-corrected chi connectivity index (χ3v) is 3.99. The first-order valence-corrected chi connectivity index (χ1v) is 7.11. The Labute approximate surface area is 118 Å². The molecule has 1 unspecified atom stereocenters. The molecule has 0 aliphatic carbocycles. The van der Waals surface area contributed by atoms with Gasteiger partial charge in [-0.1, -0.05) is 32.0 Å². The fraction of sp³-hybridized carbons (Fsp3) is 0.400. The number of para-hydroxylation sites is 1. The summed E-state index contributed by atoms with van der Waals surface area (Å²) in [6, 6.07) is 8.53. The van der Waals surface area contributed by atoms with E-state index in [0.717, 1.165) is 23.5 Å². The second kappa shape index (κ2) is 4.85. The van der Waals surface area contributed by atoms with Gasteiger partial charge in [-0.15, -0.1) is 0 Å². The van der Waals surface area contributed by atoms with Crippen molar-refractivity contribution in [1.29, 1.82) is 0 Å². The first-order chi connectivity index (χ1) is 9.18. The molecule has 2 aromatic rings. The molecule has 0 spiro atoms. The second-order valence-corrected chi connectivity index (χ2v) is 5.62. The fourth-order valence-electron chi connectivity index (χ4n) is 2.75. The van der Waals surface area contributed by atoms with Gasteiger partial charge in [0, 0.05) is 23.9 Å². The molecule has 1 aliphatic heterocycles. The summed E-state index contributed by atoms with van der Waals surface area (Å²) in [6.07, 6.45) is 2.99. The molecule has 3 rings (SSSR count). The lowest BCUT2D eigenvalue weighted by Gasteiger charge is -2.28. The Balaban J connectivity index is 2.14. The molecule has 3 nitrogen and oxygen atoms in total. The molecule has 19 heavy (non-hydrogen) atoms. The van der Waals surface area contributed by atoms with E-state index in [9.17, 15) is 0 Å². The van der Waals surface area contributed by atoms with Gasteiger partial charge in [0.25, 0.3) is 0 Å². The van der Waals surface area contributed by atoms with E-state index >= 15 is 0 Å². The molecular weight excluding hydrogens is 256 g/mol. The van der Waals surface area contributed by atoms with Crippen molar-refractivity contribution in [2.45, 2.75) is 32.2 Å². The number of fused-ring (bicyclic) bond motifs is 1. The number of H-pyrrole nitrogens is 1. The summed E-state index contributed by atoms with van der Waals surface area (Å²) >= 11 is 5.47. The minimum absolute atomic E-state index is 0.279. The highest BCUT2D eigenvalue weighted by atomic mass is 32.1. The standard InChI is InChI=1S/C15H18N2OS/c1-10(2)13-9-16-15(19)17(13)12-7-8-18-14-6-4-3-5-11(12)14/h3-6,9-10,12H,7-8H2,1-2H3,(H,16,19). The van der Waals surface area contributed by atoms with Crippen LogP contribution in [0.15, 0.2) is 30.5 Å². The van der Waals surface area contributed by atoms with Crippen LogP contribution in [0.1, 0.15) is 43.5 Å². The number of benzene rings is 1. The number of imidazole rings is 1. The number of hydrogen-bond donors (Lipinski definition) is 1. The summed E-state index contributed by atoms with van der Waals surface area (Å²) in [5.41, 5.74) is 2.48. The van der Waals surface area contributed by atoms with Gasteiger partial charge in [0.1, 0.15) is 5.75 Å². The number of nitrogens with zero attached hydrogens (tertiary/aromatic N) is 1. The lowest BCUT2D eigenvalue weighted by Crippen LogP contribution is -2.22.